The lowest BCUT2D eigenvalue weighted by Crippen LogP contribution is -2.49. The van der Waals surface area contributed by atoms with Crippen LogP contribution < -0.4 is 0 Å². The smallest absolute Gasteiger partial charge is 0.222 e. The Bertz CT molecular complexity index is 538. The van der Waals surface area contributed by atoms with Crippen LogP contribution in [0.25, 0.3) is 0 Å². The summed E-state index contributed by atoms with van der Waals surface area (Å²) in [6.45, 7) is 0.923. The maximum atomic E-state index is 12.6. The molecular formula is C20H27NO2. The summed E-state index contributed by atoms with van der Waals surface area (Å²) >= 11 is 0. The van der Waals surface area contributed by atoms with Crippen LogP contribution in [0.15, 0.2) is 30.3 Å². The minimum atomic E-state index is 0.146. The molecule has 0 spiro atoms. The second kappa shape index (κ2) is 7.76. The molecule has 1 heterocycles. The third-order valence-electron chi connectivity index (χ3n) is 5.45. The number of amides is 1. The summed E-state index contributed by atoms with van der Waals surface area (Å²) in [7, 11) is 0. The number of fused-ring (bicyclic) bond motifs is 1. The second-order valence-electron chi connectivity index (χ2n) is 6.98. The van der Waals surface area contributed by atoms with Crippen molar-refractivity contribution in [1.82, 2.24) is 4.90 Å². The molecule has 0 aromatic heterocycles. The van der Waals surface area contributed by atoms with Crippen LogP contribution in [0.3, 0.4) is 0 Å². The first-order valence-electron chi connectivity index (χ1n) is 9.13. The van der Waals surface area contributed by atoms with Crippen LogP contribution in [0, 0.1) is 5.92 Å². The zero-order chi connectivity index (χ0) is 16.1. The quantitative estimate of drug-likeness (QED) is 0.763. The van der Waals surface area contributed by atoms with Gasteiger partial charge in [-0.3, -0.25) is 9.59 Å². The van der Waals surface area contributed by atoms with E-state index in [9.17, 15) is 9.59 Å². The lowest BCUT2D eigenvalue weighted by molar-refractivity contribution is -0.137. The Morgan fingerprint density at radius 3 is 2.52 bits per heavy atom. The van der Waals surface area contributed by atoms with E-state index in [1.54, 1.807) is 0 Å². The summed E-state index contributed by atoms with van der Waals surface area (Å²) in [6, 6.07) is 9.86. The van der Waals surface area contributed by atoms with E-state index in [-0.39, 0.29) is 11.7 Å². The topological polar surface area (TPSA) is 37.4 Å². The SMILES string of the molecule is O=C(CCCC(=O)N1CCCC2CCCCC21)c1ccccc1. The van der Waals surface area contributed by atoms with Crippen molar-refractivity contribution >= 4 is 11.7 Å². The number of likely N-dealkylation sites (tertiary alicyclic amines) is 1. The first-order valence-corrected chi connectivity index (χ1v) is 9.13. The number of carbonyl (C=O) groups excluding carboxylic acids is 2. The van der Waals surface area contributed by atoms with Gasteiger partial charge in [-0.25, -0.2) is 0 Å². The normalized spacial score (nSPS) is 24.1. The van der Waals surface area contributed by atoms with Crippen molar-refractivity contribution in [2.24, 2.45) is 5.92 Å². The number of nitrogens with zero attached hydrogens (tertiary/aromatic N) is 1. The molecule has 1 aromatic carbocycles. The highest BCUT2D eigenvalue weighted by Crippen LogP contribution is 2.35. The Labute approximate surface area is 139 Å². The number of benzene rings is 1. The van der Waals surface area contributed by atoms with Crippen molar-refractivity contribution in [1.29, 1.82) is 0 Å². The van der Waals surface area contributed by atoms with Gasteiger partial charge in [-0.05, 0) is 38.0 Å². The predicted molar refractivity (Wildman–Crippen MR) is 91.3 cm³/mol. The Hall–Kier alpha value is -1.64. The van der Waals surface area contributed by atoms with Crippen LogP contribution in [0.5, 0.6) is 0 Å². The van der Waals surface area contributed by atoms with Crippen LogP contribution in [0.1, 0.15) is 68.1 Å². The van der Waals surface area contributed by atoms with Crippen LogP contribution in [0.4, 0.5) is 0 Å². The standard InChI is InChI=1S/C20H27NO2/c22-19(17-9-2-1-3-10-17)13-6-14-20(23)21-15-7-11-16-8-4-5-12-18(16)21/h1-3,9-10,16,18H,4-8,11-15H2. The first-order chi connectivity index (χ1) is 11.3. The Morgan fingerprint density at radius 1 is 0.957 bits per heavy atom. The van der Waals surface area contributed by atoms with E-state index < -0.39 is 0 Å². The molecular weight excluding hydrogens is 286 g/mol. The van der Waals surface area contributed by atoms with E-state index in [0.717, 1.165) is 24.4 Å². The van der Waals surface area contributed by atoms with Gasteiger partial charge in [0, 0.05) is 31.0 Å². The van der Waals surface area contributed by atoms with Crippen LogP contribution in [-0.2, 0) is 4.79 Å². The number of piperidine rings is 1. The Kier molecular flexibility index (Phi) is 5.47. The molecule has 3 rings (SSSR count). The minimum Gasteiger partial charge on any atom is -0.339 e. The van der Waals surface area contributed by atoms with Gasteiger partial charge in [0.15, 0.2) is 5.78 Å². The lowest BCUT2D eigenvalue weighted by Gasteiger charge is -2.44. The Balaban J connectivity index is 1.48. The summed E-state index contributed by atoms with van der Waals surface area (Å²) in [5, 5.41) is 0. The van der Waals surface area contributed by atoms with E-state index in [1.165, 1.54) is 32.1 Å². The zero-order valence-electron chi connectivity index (χ0n) is 13.9. The third kappa shape index (κ3) is 4.01. The number of carbonyl (C=O) groups is 2. The van der Waals surface area contributed by atoms with Crippen molar-refractivity contribution in [3.8, 4) is 0 Å². The molecule has 1 aliphatic heterocycles. The molecule has 0 N–H and O–H groups in total. The predicted octanol–water partition coefficient (Wildman–Crippen LogP) is 4.22. The van der Waals surface area contributed by atoms with E-state index in [1.807, 2.05) is 30.3 Å². The molecule has 3 nitrogen and oxygen atoms in total. The van der Waals surface area contributed by atoms with Gasteiger partial charge in [0.2, 0.25) is 5.91 Å². The fourth-order valence-electron chi connectivity index (χ4n) is 4.25. The highest BCUT2D eigenvalue weighted by atomic mass is 16.2. The second-order valence-corrected chi connectivity index (χ2v) is 6.98. The number of Topliss-reactive ketones (excluding diaryl/α,β-unsaturated/α-hetero) is 1. The molecule has 1 saturated carbocycles. The van der Waals surface area contributed by atoms with E-state index in [0.29, 0.717) is 25.3 Å². The fourth-order valence-corrected chi connectivity index (χ4v) is 4.25. The van der Waals surface area contributed by atoms with Gasteiger partial charge in [0.05, 0.1) is 0 Å². The van der Waals surface area contributed by atoms with Gasteiger partial charge < -0.3 is 4.90 Å². The zero-order valence-corrected chi connectivity index (χ0v) is 13.9. The summed E-state index contributed by atoms with van der Waals surface area (Å²) in [4.78, 5) is 26.8. The van der Waals surface area contributed by atoms with Gasteiger partial charge in [-0.15, -0.1) is 0 Å². The van der Waals surface area contributed by atoms with Crippen LogP contribution in [-0.4, -0.2) is 29.2 Å². The summed E-state index contributed by atoms with van der Waals surface area (Å²) in [6.07, 6.45) is 9.16. The summed E-state index contributed by atoms with van der Waals surface area (Å²) in [5.41, 5.74) is 0.755. The number of hydrogen-bond acceptors (Lipinski definition) is 2. The largest absolute Gasteiger partial charge is 0.339 e. The van der Waals surface area contributed by atoms with E-state index in [2.05, 4.69) is 4.90 Å². The monoisotopic (exact) mass is 313 g/mol. The molecule has 1 aromatic rings. The average Bonchev–Trinajstić information content (AvgIpc) is 2.61. The maximum Gasteiger partial charge on any atom is 0.222 e. The number of ketones is 1. The van der Waals surface area contributed by atoms with Gasteiger partial charge in [-0.1, -0.05) is 43.2 Å². The molecule has 2 fully saturated rings. The molecule has 124 valence electrons. The molecule has 3 heteroatoms. The maximum absolute atomic E-state index is 12.6. The molecule has 1 saturated heterocycles. The lowest BCUT2D eigenvalue weighted by atomic mass is 9.78. The van der Waals surface area contributed by atoms with E-state index >= 15 is 0 Å². The summed E-state index contributed by atoms with van der Waals surface area (Å²) in [5.74, 6) is 1.14. The Morgan fingerprint density at radius 2 is 1.70 bits per heavy atom. The van der Waals surface area contributed by atoms with Gasteiger partial charge >= 0.3 is 0 Å². The molecule has 1 aliphatic carbocycles. The highest BCUT2D eigenvalue weighted by Gasteiger charge is 2.35. The van der Waals surface area contributed by atoms with Gasteiger partial charge in [0.1, 0.15) is 0 Å². The van der Waals surface area contributed by atoms with Gasteiger partial charge in [-0.2, -0.15) is 0 Å². The molecule has 1 amide bonds. The molecule has 2 unspecified atom stereocenters. The van der Waals surface area contributed by atoms with Crippen molar-refractivity contribution in [3.63, 3.8) is 0 Å². The van der Waals surface area contributed by atoms with Crippen LogP contribution in [0.2, 0.25) is 0 Å². The van der Waals surface area contributed by atoms with Crippen LogP contribution >= 0.6 is 0 Å². The molecule has 0 radical (unpaired) electrons. The molecule has 2 atom stereocenters. The van der Waals surface area contributed by atoms with E-state index in [4.69, 9.17) is 0 Å². The first kappa shape index (κ1) is 16.2. The van der Waals surface area contributed by atoms with Crippen molar-refractivity contribution < 1.29 is 9.59 Å². The third-order valence-corrected chi connectivity index (χ3v) is 5.45. The fraction of sp³-hybridized carbons (Fsp3) is 0.600. The highest BCUT2D eigenvalue weighted by molar-refractivity contribution is 5.96. The number of hydrogen-bond donors (Lipinski definition) is 0. The van der Waals surface area contributed by atoms with Crippen molar-refractivity contribution in [3.05, 3.63) is 35.9 Å². The molecule has 0 bridgehead atoms. The molecule has 23 heavy (non-hydrogen) atoms. The van der Waals surface area contributed by atoms with Gasteiger partial charge in [0.25, 0.3) is 0 Å². The number of rotatable bonds is 5. The average molecular weight is 313 g/mol. The molecule has 2 aliphatic rings. The van der Waals surface area contributed by atoms with Crippen molar-refractivity contribution in [2.45, 2.75) is 63.8 Å². The van der Waals surface area contributed by atoms with Crippen molar-refractivity contribution in [2.75, 3.05) is 6.54 Å². The minimum absolute atomic E-state index is 0.146. The summed E-state index contributed by atoms with van der Waals surface area (Å²) < 4.78 is 0.